The van der Waals surface area contributed by atoms with Crippen molar-refractivity contribution < 1.29 is 27.4 Å². The fourth-order valence-corrected chi connectivity index (χ4v) is 3.12. The van der Waals surface area contributed by atoms with Crippen LogP contribution in [0, 0.1) is 0 Å². The molecule has 0 aliphatic carbocycles. The van der Waals surface area contributed by atoms with Crippen molar-refractivity contribution in [3.63, 3.8) is 0 Å². The van der Waals surface area contributed by atoms with E-state index in [1.54, 1.807) is 31.2 Å². The molecule has 1 N–H and O–H groups in total. The normalized spacial score (nSPS) is 12.3. The van der Waals surface area contributed by atoms with Gasteiger partial charge in [-0.05, 0) is 17.5 Å². The molecule has 1 atom stereocenters. The van der Waals surface area contributed by atoms with Crippen molar-refractivity contribution in [1.29, 1.82) is 0 Å². The van der Waals surface area contributed by atoms with E-state index in [1.165, 1.54) is 13.2 Å². The van der Waals surface area contributed by atoms with E-state index >= 15 is 0 Å². The van der Waals surface area contributed by atoms with Gasteiger partial charge in [-0.15, -0.1) is 13.2 Å². The second-order valence-corrected chi connectivity index (χ2v) is 6.83. The average molecular weight is 432 g/mol. The van der Waals surface area contributed by atoms with Crippen molar-refractivity contribution in [3.05, 3.63) is 76.2 Å². The average Bonchev–Trinajstić information content (AvgIpc) is 2.72. The zero-order valence-corrected chi connectivity index (χ0v) is 16.7. The van der Waals surface area contributed by atoms with Crippen LogP contribution in [0.2, 0.25) is 0 Å². The Labute approximate surface area is 175 Å². The predicted octanol–water partition coefficient (Wildman–Crippen LogP) is 4.72. The molecule has 0 radical (unpaired) electrons. The molecular weight excluding hydrogens is 413 g/mol. The largest absolute Gasteiger partial charge is 0.573 e. The number of nitrogens with zero attached hydrogens (tertiary/aromatic N) is 1. The number of ketones is 1. The molecule has 1 unspecified atom stereocenters. The van der Waals surface area contributed by atoms with Gasteiger partial charge in [0.05, 0.1) is 7.11 Å². The number of halogens is 3. The number of aromatic nitrogens is 2. The van der Waals surface area contributed by atoms with E-state index in [1.807, 2.05) is 6.07 Å². The van der Waals surface area contributed by atoms with Gasteiger partial charge in [0, 0.05) is 24.1 Å². The van der Waals surface area contributed by atoms with Crippen LogP contribution in [0.5, 0.6) is 11.5 Å². The molecule has 0 aliphatic rings. The summed E-state index contributed by atoms with van der Waals surface area (Å²) in [4.78, 5) is 31.7. The van der Waals surface area contributed by atoms with Crippen LogP contribution in [0.4, 0.5) is 13.2 Å². The van der Waals surface area contributed by atoms with Crippen LogP contribution in [0.1, 0.15) is 35.3 Å². The Bertz CT molecular complexity index is 1130. The lowest BCUT2D eigenvalue weighted by molar-refractivity contribution is -0.274. The van der Waals surface area contributed by atoms with Gasteiger partial charge >= 0.3 is 6.36 Å². The lowest BCUT2D eigenvalue weighted by atomic mass is 9.93. The minimum atomic E-state index is -4.82. The number of hydrogen-bond donors (Lipinski definition) is 1. The number of H-pyrrole nitrogens is 1. The molecule has 3 rings (SSSR count). The van der Waals surface area contributed by atoms with Crippen molar-refractivity contribution in [2.45, 2.75) is 25.6 Å². The quantitative estimate of drug-likeness (QED) is 0.547. The molecule has 3 aromatic rings. The molecule has 9 heteroatoms. The first kappa shape index (κ1) is 22.1. The van der Waals surface area contributed by atoms with E-state index in [4.69, 9.17) is 4.74 Å². The molecule has 0 bridgehead atoms. The SMILES string of the molecule is COc1cc(OC(F)(F)F)ccc1C(C)CC(=O)c1cc(=O)[nH]c(-c2ccccc2)n1. The minimum Gasteiger partial charge on any atom is -0.496 e. The smallest absolute Gasteiger partial charge is 0.496 e. The van der Waals surface area contributed by atoms with Crippen molar-refractivity contribution in [2.75, 3.05) is 7.11 Å². The first-order chi connectivity index (χ1) is 14.7. The second-order valence-electron chi connectivity index (χ2n) is 6.83. The van der Waals surface area contributed by atoms with Gasteiger partial charge in [-0.3, -0.25) is 9.59 Å². The Kier molecular flexibility index (Phi) is 6.43. The van der Waals surface area contributed by atoms with E-state index < -0.39 is 23.6 Å². The van der Waals surface area contributed by atoms with Gasteiger partial charge in [-0.1, -0.05) is 43.3 Å². The Balaban J connectivity index is 1.82. The molecule has 6 nitrogen and oxygen atoms in total. The Hall–Kier alpha value is -3.62. The molecule has 2 aromatic carbocycles. The molecule has 31 heavy (non-hydrogen) atoms. The number of nitrogens with one attached hydrogen (secondary N) is 1. The third-order valence-corrected chi connectivity index (χ3v) is 4.54. The van der Waals surface area contributed by atoms with Crippen LogP contribution in [0.3, 0.4) is 0 Å². The summed E-state index contributed by atoms with van der Waals surface area (Å²) in [6.07, 6.45) is -4.85. The van der Waals surface area contributed by atoms with Crippen molar-refractivity contribution in [3.8, 4) is 22.9 Å². The highest BCUT2D eigenvalue weighted by Gasteiger charge is 2.31. The molecule has 0 amide bonds. The predicted molar refractivity (Wildman–Crippen MR) is 107 cm³/mol. The summed E-state index contributed by atoms with van der Waals surface area (Å²) >= 11 is 0. The topological polar surface area (TPSA) is 81.3 Å². The highest BCUT2D eigenvalue weighted by Crippen LogP contribution is 2.34. The van der Waals surface area contributed by atoms with Crippen molar-refractivity contribution in [1.82, 2.24) is 9.97 Å². The summed E-state index contributed by atoms with van der Waals surface area (Å²) < 4.78 is 46.4. The van der Waals surface area contributed by atoms with Gasteiger partial charge in [0.25, 0.3) is 5.56 Å². The number of Topliss-reactive ketones (excluding diaryl/α,β-unsaturated/α-hetero) is 1. The number of rotatable bonds is 7. The van der Waals surface area contributed by atoms with Crippen LogP contribution in [0.25, 0.3) is 11.4 Å². The summed E-state index contributed by atoms with van der Waals surface area (Å²) in [6, 6.07) is 13.7. The monoisotopic (exact) mass is 432 g/mol. The van der Waals surface area contributed by atoms with E-state index in [2.05, 4.69) is 14.7 Å². The third-order valence-electron chi connectivity index (χ3n) is 4.54. The fraction of sp³-hybridized carbons (Fsp3) is 0.227. The number of alkyl halides is 3. The lowest BCUT2D eigenvalue weighted by Crippen LogP contribution is -2.17. The van der Waals surface area contributed by atoms with Crippen LogP contribution in [-0.2, 0) is 0 Å². The minimum absolute atomic E-state index is 0.00504. The maximum absolute atomic E-state index is 12.8. The first-order valence-electron chi connectivity index (χ1n) is 9.30. The number of carbonyl (C=O) groups is 1. The van der Waals surface area contributed by atoms with E-state index in [0.29, 0.717) is 11.1 Å². The van der Waals surface area contributed by atoms with Gasteiger partial charge in [0.2, 0.25) is 0 Å². The number of ether oxygens (including phenoxy) is 2. The highest BCUT2D eigenvalue weighted by atomic mass is 19.4. The molecular formula is C22H19F3N2O4. The van der Waals surface area contributed by atoms with Crippen LogP contribution >= 0.6 is 0 Å². The lowest BCUT2D eigenvalue weighted by Gasteiger charge is -2.17. The summed E-state index contributed by atoms with van der Waals surface area (Å²) in [5.41, 5.74) is 0.726. The van der Waals surface area contributed by atoms with Gasteiger partial charge in [0.15, 0.2) is 5.78 Å². The maximum Gasteiger partial charge on any atom is 0.573 e. The fourth-order valence-electron chi connectivity index (χ4n) is 3.12. The highest BCUT2D eigenvalue weighted by molar-refractivity contribution is 5.95. The third kappa shape index (κ3) is 5.71. The van der Waals surface area contributed by atoms with E-state index in [0.717, 1.165) is 18.2 Å². The van der Waals surface area contributed by atoms with Gasteiger partial charge in [-0.25, -0.2) is 4.98 Å². The molecule has 1 heterocycles. The van der Waals surface area contributed by atoms with Crippen LogP contribution in [0.15, 0.2) is 59.4 Å². The molecule has 0 saturated heterocycles. The second kappa shape index (κ2) is 9.03. The van der Waals surface area contributed by atoms with Crippen LogP contribution in [-0.4, -0.2) is 29.2 Å². The van der Waals surface area contributed by atoms with E-state index in [-0.39, 0.29) is 29.5 Å². The van der Waals surface area contributed by atoms with Gasteiger partial charge in [0.1, 0.15) is 23.0 Å². The number of methoxy groups -OCH3 is 1. The number of carbonyl (C=O) groups excluding carboxylic acids is 1. The zero-order chi connectivity index (χ0) is 22.6. The zero-order valence-electron chi connectivity index (χ0n) is 16.7. The van der Waals surface area contributed by atoms with Gasteiger partial charge in [-0.2, -0.15) is 0 Å². The number of aromatic amines is 1. The molecule has 0 saturated carbocycles. The molecule has 0 aliphatic heterocycles. The number of benzene rings is 2. The first-order valence-corrected chi connectivity index (χ1v) is 9.30. The van der Waals surface area contributed by atoms with Gasteiger partial charge < -0.3 is 14.5 Å². The van der Waals surface area contributed by atoms with Crippen molar-refractivity contribution in [2.24, 2.45) is 0 Å². The molecule has 162 valence electrons. The summed E-state index contributed by atoms with van der Waals surface area (Å²) in [5.74, 6) is -0.784. The van der Waals surface area contributed by atoms with Crippen molar-refractivity contribution >= 4 is 5.78 Å². The van der Waals surface area contributed by atoms with Crippen LogP contribution < -0.4 is 15.0 Å². The summed E-state index contributed by atoms with van der Waals surface area (Å²) in [7, 11) is 1.31. The molecule has 0 spiro atoms. The molecule has 1 aromatic heterocycles. The summed E-state index contributed by atoms with van der Waals surface area (Å²) in [6.45, 7) is 1.73. The Morgan fingerprint density at radius 2 is 1.84 bits per heavy atom. The van der Waals surface area contributed by atoms with E-state index in [9.17, 15) is 22.8 Å². The Morgan fingerprint density at radius 3 is 2.48 bits per heavy atom. The number of hydrogen-bond acceptors (Lipinski definition) is 5. The standard InChI is InChI=1S/C22H19F3N2O4/c1-13(16-9-8-15(11-19(16)30-2)31-22(23,24)25)10-18(28)17-12-20(29)27-21(26-17)14-6-4-3-5-7-14/h3-9,11-13H,10H2,1-2H3,(H,26,27,29). The maximum atomic E-state index is 12.8. The summed E-state index contributed by atoms with van der Waals surface area (Å²) in [5, 5.41) is 0. The Morgan fingerprint density at radius 1 is 1.13 bits per heavy atom. The molecule has 0 fully saturated rings.